The van der Waals surface area contributed by atoms with Gasteiger partial charge in [-0.3, -0.25) is 25.0 Å². The van der Waals surface area contributed by atoms with E-state index in [2.05, 4.69) is 10.1 Å². The second-order valence-electron chi connectivity index (χ2n) is 7.22. The second kappa shape index (κ2) is 8.95. The third-order valence-electron chi connectivity index (χ3n) is 5.29. The Kier molecular flexibility index (Phi) is 6.04. The van der Waals surface area contributed by atoms with Crippen LogP contribution in [0.4, 0.5) is 11.4 Å². The van der Waals surface area contributed by atoms with Crippen LogP contribution in [0.2, 0.25) is 0 Å². The van der Waals surface area contributed by atoms with Crippen molar-refractivity contribution in [1.82, 2.24) is 24.0 Å². The molecule has 34 heavy (non-hydrogen) atoms. The highest BCUT2D eigenvalue weighted by Crippen LogP contribution is 2.28. The minimum absolute atomic E-state index is 0.0112. The summed E-state index contributed by atoms with van der Waals surface area (Å²) < 4.78 is 28.2. The molecule has 0 unspecified atom stereocenters. The lowest BCUT2D eigenvalue weighted by atomic mass is 10.1. The number of aromatic nitrogens is 3. The van der Waals surface area contributed by atoms with Gasteiger partial charge in [0.05, 0.1) is 9.85 Å². The zero-order valence-electron chi connectivity index (χ0n) is 17.4. The molecule has 0 atom stereocenters. The van der Waals surface area contributed by atoms with Crippen molar-refractivity contribution in [1.29, 1.82) is 0 Å². The Labute approximate surface area is 192 Å². The molecule has 0 aliphatic carbocycles. The van der Waals surface area contributed by atoms with Gasteiger partial charge in [-0.15, -0.1) is 0 Å². The molecule has 0 radical (unpaired) electrons. The first kappa shape index (κ1) is 22.9. The maximum atomic E-state index is 13.0. The standard InChI is InChI=1S/C19H17N7O7S/c27-19(14-5-6-15(17(11-14)26(30)31)24-13-20-12-21-24)22-7-9-23(10-8-22)34(32,33)18-4-2-1-3-16(18)25(28)29/h1-6,11-13H,7-10H2. The number of carbonyl (C=O) groups excluding carboxylic acids is 1. The maximum Gasteiger partial charge on any atom is 0.295 e. The first-order chi connectivity index (χ1) is 16.2. The summed E-state index contributed by atoms with van der Waals surface area (Å²) in [7, 11) is -4.15. The zero-order valence-corrected chi connectivity index (χ0v) is 18.2. The highest BCUT2D eigenvalue weighted by molar-refractivity contribution is 7.89. The van der Waals surface area contributed by atoms with Crippen LogP contribution in [-0.2, 0) is 10.0 Å². The van der Waals surface area contributed by atoms with E-state index in [9.17, 15) is 33.4 Å². The van der Waals surface area contributed by atoms with Gasteiger partial charge in [0.15, 0.2) is 4.90 Å². The van der Waals surface area contributed by atoms with Gasteiger partial charge in [0.2, 0.25) is 10.0 Å². The number of hydrogen-bond donors (Lipinski definition) is 0. The third-order valence-corrected chi connectivity index (χ3v) is 7.24. The second-order valence-corrected chi connectivity index (χ2v) is 9.13. The van der Waals surface area contributed by atoms with E-state index < -0.39 is 36.4 Å². The molecule has 15 heteroatoms. The number of hydrogen-bond acceptors (Lipinski definition) is 9. The quantitative estimate of drug-likeness (QED) is 0.366. The molecule has 1 fully saturated rings. The first-order valence-electron chi connectivity index (χ1n) is 9.86. The van der Waals surface area contributed by atoms with Crippen molar-refractivity contribution >= 4 is 27.3 Å². The third kappa shape index (κ3) is 4.20. The van der Waals surface area contributed by atoms with Crippen molar-refractivity contribution in [2.75, 3.05) is 26.2 Å². The van der Waals surface area contributed by atoms with Crippen LogP contribution in [0.15, 0.2) is 60.0 Å². The van der Waals surface area contributed by atoms with Crippen LogP contribution in [0.3, 0.4) is 0 Å². The van der Waals surface area contributed by atoms with Crippen LogP contribution in [-0.4, -0.2) is 74.3 Å². The minimum atomic E-state index is -4.15. The normalized spacial score (nSPS) is 14.6. The lowest BCUT2D eigenvalue weighted by Crippen LogP contribution is -2.50. The Bertz CT molecular complexity index is 1370. The Morgan fingerprint density at radius 1 is 0.941 bits per heavy atom. The van der Waals surface area contributed by atoms with Crippen LogP contribution in [0.5, 0.6) is 0 Å². The number of sulfonamides is 1. The van der Waals surface area contributed by atoms with Gasteiger partial charge in [0.25, 0.3) is 17.3 Å². The molecular formula is C19H17N7O7S. The Morgan fingerprint density at radius 2 is 1.62 bits per heavy atom. The topological polar surface area (TPSA) is 175 Å². The minimum Gasteiger partial charge on any atom is -0.336 e. The maximum absolute atomic E-state index is 13.0. The zero-order chi connectivity index (χ0) is 24.5. The van der Waals surface area contributed by atoms with Crippen LogP contribution < -0.4 is 0 Å². The number of nitro groups is 2. The molecule has 0 N–H and O–H groups in total. The predicted octanol–water partition coefficient (Wildman–Crippen LogP) is 1.23. The summed E-state index contributed by atoms with van der Waals surface area (Å²) in [5.74, 6) is -0.504. The van der Waals surface area contributed by atoms with E-state index in [0.29, 0.717) is 0 Å². The average Bonchev–Trinajstić information content (AvgIpc) is 3.38. The molecule has 1 amide bonds. The summed E-state index contributed by atoms with van der Waals surface area (Å²) in [4.78, 5) is 39.0. The fourth-order valence-electron chi connectivity index (χ4n) is 3.61. The van der Waals surface area contributed by atoms with Gasteiger partial charge in [-0.1, -0.05) is 12.1 Å². The van der Waals surface area contributed by atoms with Crippen LogP contribution in [0.1, 0.15) is 10.4 Å². The highest BCUT2D eigenvalue weighted by atomic mass is 32.2. The summed E-state index contributed by atoms with van der Waals surface area (Å²) in [6.45, 7) is -0.146. The molecule has 0 bridgehead atoms. The largest absolute Gasteiger partial charge is 0.336 e. The van der Waals surface area contributed by atoms with Crippen molar-refractivity contribution in [2.45, 2.75) is 4.90 Å². The van der Waals surface area contributed by atoms with Gasteiger partial charge in [-0.25, -0.2) is 18.1 Å². The molecule has 1 aromatic heterocycles. The van der Waals surface area contributed by atoms with Crippen LogP contribution in [0, 0.1) is 20.2 Å². The Hall–Kier alpha value is -4.24. The van der Waals surface area contributed by atoms with Gasteiger partial charge in [-0.05, 0) is 18.2 Å². The number of nitrogens with zero attached hydrogens (tertiary/aromatic N) is 7. The van der Waals surface area contributed by atoms with Crippen molar-refractivity contribution in [3.05, 3.63) is 80.9 Å². The summed E-state index contributed by atoms with van der Waals surface area (Å²) in [6.07, 6.45) is 2.51. The number of nitro benzene ring substituents is 2. The fraction of sp³-hybridized carbons (Fsp3) is 0.211. The van der Waals surface area contributed by atoms with E-state index in [0.717, 1.165) is 16.4 Å². The van der Waals surface area contributed by atoms with Crippen LogP contribution >= 0.6 is 0 Å². The predicted molar refractivity (Wildman–Crippen MR) is 116 cm³/mol. The molecule has 2 heterocycles. The molecule has 3 aromatic rings. The Balaban J connectivity index is 1.52. The summed E-state index contributed by atoms with van der Waals surface area (Å²) >= 11 is 0. The number of rotatable bonds is 6. The van der Waals surface area contributed by atoms with Gasteiger partial charge in [-0.2, -0.15) is 9.40 Å². The molecule has 0 saturated carbocycles. The van der Waals surface area contributed by atoms with E-state index in [-0.39, 0.29) is 43.1 Å². The van der Waals surface area contributed by atoms with E-state index in [4.69, 9.17) is 0 Å². The van der Waals surface area contributed by atoms with Gasteiger partial charge >= 0.3 is 0 Å². The Morgan fingerprint density at radius 3 is 2.24 bits per heavy atom. The number of carbonyl (C=O) groups is 1. The molecule has 176 valence electrons. The van der Waals surface area contributed by atoms with E-state index in [1.807, 2.05) is 0 Å². The summed E-state index contributed by atoms with van der Waals surface area (Å²) in [6, 6.07) is 8.99. The monoisotopic (exact) mass is 487 g/mol. The lowest BCUT2D eigenvalue weighted by Gasteiger charge is -2.34. The number of para-hydroxylation sites is 1. The van der Waals surface area contributed by atoms with Crippen LogP contribution in [0.25, 0.3) is 5.69 Å². The SMILES string of the molecule is O=C(c1ccc(-n2cncn2)c([N+](=O)[O-])c1)N1CCN(S(=O)(=O)c2ccccc2[N+](=O)[O-])CC1. The van der Waals surface area contributed by atoms with E-state index >= 15 is 0 Å². The lowest BCUT2D eigenvalue weighted by molar-refractivity contribution is -0.387. The molecular weight excluding hydrogens is 470 g/mol. The van der Waals surface area contributed by atoms with Crippen molar-refractivity contribution in [3.8, 4) is 5.69 Å². The summed E-state index contributed by atoms with van der Waals surface area (Å²) in [5.41, 5.74) is -0.667. The molecule has 1 aliphatic rings. The molecule has 4 rings (SSSR count). The number of benzene rings is 2. The fourth-order valence-corrected chi connectivity index (χ4v) is 5.19. The number of amides is 1. The first-order valence-corrected chi connectivity index (χ1v) is 11.3. The molecule has 0 spiro atoms. The number of piperazine rings is 1. The highest BCUT2D eigenvalue weighted by Gasteiger charge is 2.35. The smallest absolute Gasteiger partial charge is 0.295 e. The van der Waals surface area contributed by atoms with Gasteiger partial charge in [0, 0.05) is 43.9 Å². The van der Waals surface area contributed by atoms with Crippen molar-refractivity contribution < 1.29 is 23.1 Å². The molecule has 1 aliphatic heterocycles. The molecule has 1 saturated heterocycles. The molecule has 14 nitrogen and oxygen atoms in total. The van der Waals surface area contributed by atoms with Crippen molar-refractivity contribution in [3.63, 3.8) is 0 Å². The van der Waals surface area contributed by atoms with Crippen molar-refractivity contribution in [2.24, 2.45) is 0 Å². The van der Waals surface area contributed by atoms with Gasteiger partial charge < -0.3 is 4.90 Å². The van der Waals surface area contributed by atoms with E-state index in [1.165, 1.54) is 52.6 Å². The molecule has 2 aromatic carbocycles. The van der Waals surface area contributed by atoms with E-state index in [1.54, 1.807) is 0 Å². The van der Waals surface area contributed by atoms with Gasteiger partial charge in [0.1, 0.15) is 18.3 Å². The summed E-state index contributed by atoms with van der Waals surface area (Å²) in [5, 5.41) is 26.6. The average molecular weight is 487 g/mol.